The number of hydrogen-bond donors (Lipinski definition) is 0. The molecule has 3 rings (SSSR count). The maximum atomic E-state index is 11.6. The first-order chi connectivity index (χ1) is 11.5. The van der Waals surface area contributed by atoms with Gasteiger partial charge in [-0.05, 0) is 47.7 Å². The van der Waals surface area contributed by atoms with Crippen LogP contribution in [0.25, 0.3) is 11.6 Å². The van der Waals surface area contributed by atoms with E-state index in [-0.39, 0.29) is 0 Å². The molecule has 0 aromatic heterocycles. The molecular weight excluding hydrogens is 322 g/mol. The molecule has 0 saturated heterocycles. The number of benzene rings is 2. The molecule has 0 unspecified atom stereocenters. The third-order valence-electron chi connectivity index (χ3n) is 4.07. The van der Waals surface area contributed by atoms with E-state index < -0.39 is 9.84 Å². The molecule has 0 atom stereocenters. The summed E-state index contributed by atoms with van der Waals surface area (Å²) in [6.07, 6.45) is 4.99. The molecular formula is C19H19NO3S. The molecule has 0 spiro atoms. The van der Waals surface area contributed by atoms with Gasteiger partial charge in [-0.25, -0.2) is 8.42 Å². The van der Waals surface area contributed by atoms with Gasteiger partial charge >= 0.3 is 0 Å². The van der Waals surface area contributed by atoms with Gasteiger partial charge < -0.3 is 4.84 Å². The highest BCUT2D eigenvalue weighted by Crippen LogP contribution is 2.31. The molecule has 0 saturated carbocycles. The molecule has 0 amide bonds. The van der Waals surface area contributed by atoms with E-state index in [4.69, 9.17) is 4.84 Å². The Morgan fingerprint density at radius 1 is 1.04 bits per heavy atom. The molecule has 1 aliphatic carbocycles. The standard InChI is InChI=1S/C19H19NO3S/c1-23-20-19-12-9-15-5-3-4-6-17(15)18(19)13-14-7-10-16(11-8-14)24(2,21)22/h3-8,10-11,13H,9,12H2,1-2H3/b18-13?,20-19-. The Morgan fingerprint density at radius 2 is 1.75 bits per heavy atom. The summed E-state index contributed by atoms with van der Waals surface area (Å²) in [6.45, 7) is 0. The first-order valence-electron chi connectivity index (χ1n) is 7.69. The zero-order valence-corrected chi connectivity index (χ0v) is 14.5. The lowest BCUT2D eigenvalue weighted by molar-refractivity contribution is 0.213. The maximum absolute atomic E-state index is 11.6. The predicted molar refractivity (Wildman–Crippen MR) is 96.6 cm³/mol. The van der Waals surface area contributed by atoms with Crippen molar-refractivity contribution >= 4 is 27.2 Å². The van der Waals surface area contributed by atoms with Crippen molar-refractivity contribution in [2.75, 3.05) is 13.4 Å². The number of rotatable bonds is 3. The van der Waals surface area contributed by atoms with Crippen LogP contribution in [0.3, 0.4) is 0 Å². The van der Waals surface area contributed by atoms with Crippen molar-refractivity contribution in [3.05, 3.63) is 65.2 Å². The van der Waals surface area contributed by atoms with Crippen LogP contribution >= 0.6 is 0 Å². The van der Waals surface area contributed by atoms with Gasteiger partial charge in [0.05, 0.1) is 10.6 Å². The molecule has 124 valence electrons. The molecule has 0 bridgehead atoms. The maximum Gasteiger partial charge on any atom is 0.175 e. The van der Waals surface area contributed by atoms with Crippen molar-refractivity contribution in [3.63, 3.8) is 0 Å². The third-order valence-corrected chi connectivity index (χ3v) is 5.20. The topological polar surface area (TPSA) is 55.7 Å². The molecule has 4 nitrogen and oxygen atoms in total. The second kappa shape index (κ2) is 6.61. The highest BCUT2D eigenvalue weighted by atomic mass is 32.2. The van der Waals surface area contributed by atoms with Crippen LogP contribution in [-0.4, -0.2) is 27.5 Å². The molecule has 0 aliphatic heterocycles. The smallest absolute Gasteiger partial charge is 0.175 e. The Bertz CT molecular complexity index is 910. The largest absolute Gasteiger partial charge is 0.399 e. The average molecular weight is 341 g/mol. The Balaban J connectivity index is 2.07. The lowest BCUT2D eigenvalue weighted by Gasteiger charge is -2.20. The van der Waals surface area contributed by atoms with Crippen molar-refractivity contribution in [3.8, 4) is 0 Å². The zero-order valence-electron chi connectivity index (χ0n) is 13.7. The van der Waals surface area contributed by atoms with Gasteiger partial charge in [0.15, 0.2) is 9.84 Å². The van der Waals surface area contributed by atoms with Crippen LogP contribution in [0.1, 0.15) is 23.1 Å². The van der Waals surface area contributed by atoms with Crippen LogP contribution in [0, 0.1) is 0 Å². The Hall–Kier alpha value is -2.40. The lowest BCUT2D eigenvalue weighted by atomic mass is 9.85. The zero-order chi connectivity index (χ0) is 17.2. The number of allylic oxidation sites excluding steroid dienone is 1. The number of sulfone groups is 1. The van der Waals surface area contributed by atoms with Gasteiger partial charge in [-0.15, -0.1) is 0 Å². The third kappa shape index (κ3) is 3.41. The Labute approximate surface area is 142 Å². The van der Waals surface area contributed by atoms with Crippen LogP contribution in [0.4, 0.5) is 0 Å². The van der Waals surface area contributed by atoms with E-state index >= 15 is 0 Å². The van der Waals surface area contributed by atoms with E-state index in [0.29, 0.717) is 4.90 Å². The molecule has 0 N–H and O–H groups in total. The quantitative estimate of drug-likeness (QED) is 0.802. The highest BCUT2D eigenvalue weighted by Gasteiger charge is 2.20. The Kier molecular flexibility index (Phi) is 4.53. The fourth-order valence-electron chi connectivity index (χ4n) is 2.89. The van der Waals surface area contributed by atoms with Gasteiger partial charge in [-0.2, -0.15) is 0 Å². The number of oxime groups is 1. The first-order valence-corrected chi connectivity index (χ1v) is 9.58. The number of hydrogen-bond acceptors (Lipinski definition) is 4. The summed E-state index contributed by atoms with van der Waals surface area (Å²) < 4.78 is 23.2. The fraction of sp³-hybridized carbons (Fsp3) is 0.211. The van der Waals surface area contributed by atoms with E-state index in [2.05, 4.69) is 17.3 Å². The summed E-state index contributed by atoms with van der Waals surface area (Å²) in [5.74, 6) is 0. The van der Waals surface area contributed by atoms with Crippen molar-refractivity contribution < 1.29 is 13.3 Å². The molecule has 2 aromatic carbocycles. The first kappa shape index (κ1) is 16.5. The molecule has 0 radical (unpaired) electrons. The van der Waals surface area contributed by atoms with Crippen LogP contribution in [0.5, 0.6) is 0 Å². The predicted octanol–water partition coefficient (Wildman–Crippen LogP) is 3.58. The van der Waals surface area contributed by atoms with E-state index in [1.807, 2.05) is 30.3 Å². The Morgan fingerprint density at radius 3 is 2.42 bits per heavy atom. The van der Waals surface area contributed by atoms with E-state index in [0.717, 1.165) is 35.3 Å². The van der Waals surface area contributed by atoms with E-state index in [1.54, 1.807) is 19.2 Å². The fourth-order valence-corrected chi connectivity index (χ4v) is 3.52. The summed E-state index contributed by atoms with van der Waals surface area (Å²) in [5.41, 5.74) is 5.28. The summed E-state index contributed by atoms with van der Waals surface area (Å²) in [5, 5.41) is 4.17. The van der Waals surface area contributed by atoms with Gasteiger partial charge in [0.2, 0.25) is 0 Å². The van der Waals surface area contributed by atoms with Crippen molar-refractivity contribution in [2.24, 2.45) is 5.16 Å². The van der Waals surface area contributed by atoms with Crippen molar-refractivity contribution in [1.82, 2.24) is 0 Å². The normalized spacial score (nSPS) is 17.8. The summed E-state index contributed by atoms with van der Waals surface area (Å²) in [6, 6.07) is 15.1. The van der Waals surface area contributed by atoms with Gasteiger partial charge in [-0.3, -0.25) is 0 Å². The second-order valence-electron chi connectivity index (χ2n) is 5.78. The minimum atomic E-state index is -3.19. The minimum Gasteiger partial charge on any atom is -0.399 e. The molecule has 0 heterocycles. The molecule has 5 heteroatoms. The highest BCUT2D eigenvalue weighted by molar-refractivity contribution is 7.90. The van der Waals surface area contributed by atoms with Gasteiger partial charge in [-0.1, -0.05) is 41.6 Å². The number of fused-ring (bicyclic) bond motifs is 1. The van der Waals surface area contributed by atoms with Crippen LogP contribution < -0.4 is 0 Å². The molecule has 0 fully saturated rings. The second-order valence-corrected chi connectivity index (χ2v) is 7.79. The van der Waals surface area contributed by atoms with E-state index in [1.165, 1.54) is 11.8 Å². The monoisotopic (exact) mass is 341 g/mol. The van der Waals surface area contributed by atoms with Crippen LogP contribution in [-0.2, 0) is 21.1 Å². The van der Waals surface area contributed by atoms with Crippen molar-refractivity contribution in [2.45, 2.75) is 17.7 Å². The average Bonchev–Trinajstić information content (AvgIpc) is 2.57. The SMILES string of the molecule is CO/N=C1/CCc2ccccc2C1=Cc1ccc(S(C)(=O)=O)cc1. The van der Waals surface area contributed by atoms with Gasteiger partial charge in [0, 0.05) is 11.8 Å². The molecule has 2 aromatic rings. The number of aryl methyl sites for hydroxylation is 1. The summed E-state index contributed by atoms with van der Waals surface area (Å²) >= 11 is 0. The lowest BCUT2D eigenvalue weighted by Crippen LogP contribution is -2.13. The number of nitrogens with zero attached hydrogens (tertiary/aromatic N) is 1. The van der Waals surface area contributed by atoms with Gasteiger partial charge in [0.25, 0.3) is 0 Å². The van der Waals surface area contributed by atoms with Gasteiger partial charge in [0.1, 0.15) is 7.11 Å². The van der Waals surface area contributed by atoms with Crippen LogP contribution in [0.2, 0.25) is 0 Å². The molecule has 24 heavy (non-hydrogen) atoms. The minimum absolute atomic E-state index is 0.319. The van der Waals surface area contributed by atoms with Crippen molar-refractivity contribution in [1.29, 1.82) is 0 Å². The van der Waals surface area contributed by atoms with E-state index in [9.17, 15) is 8.42 Å². The summed E-state index contributed by atoms with van der Waals surface area (Å²) in [7, 11) is -1.64. The summed E-state index contributed by atoms with van der Waals surface area (Å²) in [4.78, 5) is 5.31. The molecule has 1 aliphatic rings. The van der Waals surface area contributed by atoms with Crippen LogP contribution in [0.15, 0.2) is 58.6 Å².